The van der Waals surface area contributed by atoms with E-state index in [1.807, 2.05) is 11.6 Å². The molecule has 0 bridgehead atoms. The van der Waals surface area contributed by atoms with Gasteiger partial charge < -0.3 is 4.57 Å². The van der Waals surface area contributed by atoms with Gasteiger partial charge >= 0.3 is 0 Å². The maximum atomic E-state index is 6.07. The number of halogens is 1. The van der Waals surface area contributed by atoms with Crippen molar-refractivity contribution in [2.24, 2.45) is 5.92 Å². The molecule has 2 rings (SSSR count). The number of nitrogens with zero attached hydrogens (tertiary/aromatic N) is 4. The minimum absolute atomic E-state index is 0.456. The van der Waals surface area contributed by atoms with E-state index in [4.69, 9.17) is 11.6 Å². The van der Waals surface area contributed by atoms with Crippen LogP contribution in [0.1, 0.15) is 45.1 Å². The zero-order valence-corrected chi connectivity index (χ0v) is 13.0. The molecule has 0 spiro atoms. The Bertz CT molecular complexity index is 551. The molecule has 2 aromatic rings. The SMILES string of the molecule is CCC(CC)Cn1c(CCl)nc2c(C)nn(CC)c21. The molecule has 0 aliphatic heterocycles. The molecule has 4 nitrogen and oxygen atoms in total. The van der Waals surface area contributed by atoms with E-state index in [0.717, 1.165) is 35.8 Å². The fraction of sp³-hybridized carbons (Fsp3) is 0.714. The summed E-state index contributed by atoms with van der Waals surface area (Å²) < 4.78 is 4.31. The van der Waals surface area contributed by atoms with Crippen molar-refractivity contribution in [2.75, 3.05) is 0 Å². The normalized spacial score (nSPS) is 11.9. The molecule has 2 aromatic heterocycles. The lowest BCUT2D eigenvalue weighted by atomic mass is 10.0. The smallest absolute Gasteiger partial charge is 0.158 e. The van der Waals surface area contributed by atoms with Crippen molar-refractivity contribution < 1.29 is 0 Å². The van der Waals surface area contributed by atoms with Gasteiger partial charge in [0.15, 0.2) is 5.65 Å². The predicted molar refractivity (Wildman–Crippen MR) is 79.6 cm³/mol. The van der Waals surface area contributed by atoms with Crippen LogP contribution in [0.3, 0.4) is 0 Å². The van der Waals surface area contributed by atoms with E-state index in [-0.39, 0.29) is 0 Å². The molecule has 0 fully saturated rings. The van der Waals surface area contributed by atoms with Crippen molar-refractivity contribution in [2.45, 2.75) is 59.5 Å². The molecule has 106 valence electrons. The van der Waals surface area contributed by atoms with Gasteiger partial charge in [0, 0.05) is 13.1 Å². The van der Waals surface area contributed by atoms with Crippen LogP contribution in [0.25, 0.3) is 11.2 Å². The van der Waals surface area contributed by atoms with Crippen molar-refractivity contribution in [1.82, 2.24) is 19.3 Å². The van der Waals surface area contributed by atoms with Crippen molar-refractivity contribution in [3.8, 4) is 0 Å². The third-order valence-corrected chi connectivity index (χ3v) is 4.13. The molecule has 0 aromatic carbocycles. The van der Waals surface area contributed by atoms with Gasteiger partial charge in [-0.1, -0.05) is 26.7 Å². The molecule has 0 unspecified atom stereocenters. The van der Waals surface area contributed by atoms with Crippen molar-refractivity contribution in [1.29, 1.82) is 0 Å². The second-order valence-electron chi connectivity index (χ2n) is 5.03. The van der Waals surface area contributed by atoms with Crippen LogP contribution in [0.2, 0.25) is 0 Å². The third kappa shape index (κ3) is 2.50. The minimum Gasteiger partial charge on any atom is -0.312 e. The number of alkyl halides is 1. The Morgan fingerprint density at radius 1 is 1.21 bits per heavy atom. The van der Waals surface area contributed by atoms with Crippen molar-refractivity contribution in [3.63, 3.8) is 0 Å². The molecule has 5 heteroatoms. The highest BCUT2D eigenvalue weighted by atomic mass is 35.5. The fourth-order valence-electron chi connectivity index (χ4n) is 2.59. The number of hydrogen-bond acceptors (Lipinski definition) is 2. The van der Waals surface area contributed by atoms with E-state index >= 15 is 0 Å². The third-order valence-electron chi connectivity index (χ3n) is 3.89. The van der Waals surface area contributed by atoms with Gasteiger partial charge in [0.1, 0.15) is 11.3 Å². The molecule has 0 aliphatic rings. The molecular weight excluding hydrogens is 260 g/mol. The summed E-state index contributed by atoms with van der Waals surface area (Å²) in [6.07, 6.45) is 2.36. The number of hydrogen-bond donors (Lipinski definition) is 0. The van der Waals surface area contributed by atoms with Gasteiger partial charge in [-0.15, -0.1) is 11.6 Å². The molecule has 2 heterocycles. The van der Waals surface area contributed by atoms with Crippen LogP contribution < -0.4 is 0 Å². The molecule has 0 saturated heterocycles. The fourth-order valence-corrected chi connectivity index (χ4v) is 2.79. The lowest BCUT2D eigenvalue weighted by Gasteiger charge is -2.16. The summed E-state index contributed by atoms with van der Waals surface area (Å²) in [6, 6.07) is 0. The first-order valence-electron chi connectivity index (χ1n) is 7.14. The monoisotopic (exact) mass is 282 g/mol. The Hall–Kier alpha value is -1.03. The summed E-state index contributed by atoms with van der Waals surface area (Å²) >= 11 is 6.07. The first-order chi connectivity index (χ1) is 9.15. The van der Waals surface area contributed by atoms with Crippen LogP contribution in [0.4, 0.5) is 0 Å². The summed E-state index contributed by atoms with van der Waals surface area (Å²) in [5, 5.41) is 4.55. The van der Waals surface area contributed by atoms with Gasteiger partial charge in [-0.3, -0.25) is 0 Å². The molecule has 0 N–H and O–H groups in total. The summed E-state index contributed by atoms with van der Waals surface area (Å²) in [7, 11) is 0. The molecule has 0 radical (unpaired) electrons. The maximum Gasteiger partial charge on any atom is 0.158 e. The molecular formula is C14H23ClN4. The highest BCUT2D eigenvalue weighted by molar-refractivity contribution is 6.16. The van der Waals surface area contributed by atoms with E-state index in [9.17, 15) is 0 Å². The van der Waals surface area contributed by atoms with Gasteiger partial charge in [0.2, 0.25) is 0 Å². The lowest BCUT2D eigenvalue weighted by molar-refractivity contribution is 0.414. The van der Waals surface area contributed by atoms with Crippen LogP contribution in [-0.4, -0.2) is 19.3 Å². The number of aryl methyl sites for hydroxylation is 2. The summed E-state index contributed by atoms with van der Waals surface area (Å²) in [4.78, 5) is 4.67. The van der Waals surface area contributed by atoms with Gasteiger partial charge in [-0.25, -0.2) is 9.67 Å². The molecule has 0 saturated carbocycles. The lowest BCUT2D eigenvalue weighted by Crippen LogP contribution is -2.14. The van der Waals surface area contributed by atoms with E-state index in [1.54, 1.807) is 0 Å². The van der Waals surface area contributed by atoms with Crippen LogP contribution in [0.15, 0.2) is 0 Å². The number of aromatic nitrogens is 4. The van der Waals surface area contributed by atoms with Crippen LogP contribution in [-0.2, 0) is 19.0 Å². The zero-order chi connectivity index (χ0) is 14.0. The second-order valence-corrected chi connectivity index (χ2v) is 5.30. The Morgan fingerprint density at radius 3 is 2.42 bits per heavy atom. The maximum absolute atomic E-state index is 6.07. The van der Waals surface area contributed by atoms with Gasteiger partial charge in [-0.2, -0.15) is 5.10 Å². The van der Waals surface area contributed by atoms with Gasteiger partial charge in [0.05, 0.1) is 11.6 Å². The van der Waals surface area contributed by atoms with E-state index in [0.29, 0.717) is 11.8 Å². The topological polar surface area (TPSA) is 35.6 Å². The summed E-state index contributed by atoms with van der Waals surface area (Å²) in [5.41, 5.74) is 3.12. The zero-order valence-electron chi connectivity index (χ0n) is 12.3. The highest BCUT2D eigenvalue weighted by Gasteiger charge is 2.19. The number of imidazole rings is 1. The second kappa shape index (κ2) is 5.95. The van der Waals surface area contributed by atoms with Crippen molar-refractivity contribution in [3.05, 3.63) is 11.5 Å². The Morgan fingerprint density at radius 2 is 1.89 bits per heavy atom. The Balaban J connectivity index is 2.55. The van der Waals surface area contributed by atoms with Crippen LogP contribution >= 0.6 is 11.6 Å². The predicted octanol–water partition coefficient (Wildman–Crippen LogP) is 3.74. The van der Waals surface area contributed by atoms with Crippen LogP contribution in [0, 0.1) is 12.8 Å². The first kappa shape index (κ1) is 14.4. The number of rotatable bonds is 6. The quantitative estimate of drug-likeness (QED) is 0.757. The van der Waals surface area contributed by atoms with Crippen molar-refractivity contribution >= 4 is 22.8 Å². The minimum atomic E-state index is 0.456. The molecule has 19 heavy (non-hydrogen) atoms. The highest BCUT2D eigenvalue weighted by Crippen LogP contribution is 2.23. The Kier molecular flexibility index (Phi) is 4.50. The molecule has 0 aliphatic carbocycles. The molecule has 0 amide bonds. The molecule has 0 atom stereocenters. The standard InChI is InChI=1S/C14H23ClN4/c1-5-11(6-2)9-18-12(8-15)16-13-10(4)17-19(7-3)14(13)18/h11H,5-9H2,1-4H3. The first-order valence-corrected chi connectivity index (χ1v) is 7.68. The van der Waals surface area contributed by atoms with Gasteiger partial charge in [-0.05, 0) is 19.8 Å². The van der Waals surface area contributed by atoms with E-state index < -0.39 is 0 Å². The summed E-state index contributed by atoms with van der Waals surface area (Å²) in [5.74, 6) is 2.09. The largest absolute Gasteiger partial charge is 0.312 e. The summed E-state index contributed by atoms with van der Waals surface area (Å²) in [6.45, 7) is 10.5. The Labute approximate surface area is 119 Å². The average Bonchev–Trinajstić information content (AvgIpc) is 2.94. The van der Waals surface area contributed by atoms with Gasteiger partial charge in [0.25, 0.3) is 0 Å². The average molecular weight is 283 g/mol. The van der Waals surface area contributed by atoms with E-state index in [1.165, 1.54) is 12.8 Å². The number of fused-ring (bicyclic) bond motifs is 1. The van der Waals surface area contributed by atoms with E-state index in [2.05, 4.69) is 35.4 Å². The van der Waals surface area contributed by atoms with Crippen LogP contribution in [0.5, 0.6) is 0 Å².